The summed E-state index contributed by atoms with van der Waals surface area (Å²) < 4.78 is 96.3. The molecule has 0 aliphatic heterocycles. The van der Waals surface area contributed by atoms with Crippen molar-refractivity contribution in [2.75, 3.05) is 16.3 Å². The Morgan fingerprint density at radius 3 is 2.12 bits per heavy atom. The fourth-order valence-corrected chi connectivity index (χ4v) is 5.22. The van der Waals surface area contributed by atoms with Gasteiger partial charge in [0.05, 0.1) is 36.6 Å². The van der Waals surface area contributed by atoms with Crippen LogP contribution in [-0.4, -0.2) is 46.0 Å². The van der Waals surface area contributed by atoms with E-state index in [0.29, 0.717) is 6.07 Å². The summed E-state index contributed by atoms with van der Waals surface area (Å²) in [5, 5.41) is 12.5. The van der Waals surface area contributed by atoms with Crippen molar-refractivity contribution < 1.29 is 49.3 Å². The number of nitrogens with one attached hydrogen (secondary N) is 2. The maximum absolute atomic E-state index is 13.4. The van der Waals surface area contributed by atoms with Gasteiger partial charge in [-0.15, -0.1) is 0 Å². The van der Waals surface area contributed by atoms with Gasteiger partial charge in [0.1, 0.15) is 0 Å². The molecule has 0 unspecified atom stereocenters. The summed E-state index contributed by atoms with van der Waals surface area (Å²) in [5.41, 5.74) is -3.72. The number of hydrogen-bond donors (Lipinski definition) is 2. The largest absolute Gasteiger partial charge is 0.449 e. The van der Waals surface area contributed by atoms with Gasteiger partial charge in [-0.1, -0.05) is 11.6 Å². The number of carbonyl (C=O) groups is 2. The van der Waals surface area contributed by atoms with Gasteiger partial charge >= 0.3 is 12.1 Å². The molecule has 0 aromatic heterocycles. The van der Waals surface area contributed by atoms with E-state index in [-0.39, 0.29) is 21.7 Å². The minimum absolute atomic E-state index is 0.00348. The third-order valence-corrected chi connectivity index (χ3v) is 8.27. The van der Waals surface area contributed by atoms with Crippen molar-refractivity contribution in [3.05, 3.63) is 86.9 Å². The van der Waals surface area contributed by atoms with Crippen LogP contribution in [0.5, 0.6) is 0 Å². The number of rotatable bonds is 9. The van der Waals surface area contributed by atoms with Crippen LogP contribution in [0.4, 0.5) is 30.2 Å². The molecule has 0 spiro atoms. The topological polar surface area (TPSA) is 179 Å². The zero-order valence-electron chi connectivity index (χ0n) is 21.3. The van der Waals surface area contributed by atoms with E-state index in [1.54, 1.807) is 0 Å². The van der Waals surface area contributed by atoms with Crippen molar-refractivity contribution in [2.45, 2.75) is 29.0 Å². The van der Waals surface area contributed by atoms with Gasteiger partial charge in [0, 0.05) is 24.1 Å². The number of halogens is 4. The summed E-state index contributed by atoms with van der Waals surface area (Å²) in [5.74, 6) is -2.53. The average Bonchev–Trinajstić information content (AvgIpc) is 2.87. The number of sulfone groups is 1. The van der Waals surface area contributed by atoms with Crippen LogP contribution in [0.25, 0.3) is 0 Å². The molecule has 224 valence electrons. The second-order valence-electron chi connectivity index (χ2n) is 8.57. The zero-order valence-corrected chi connectivity index (χ0v) is 23.7. The molecule has 0 fully saturated rings. The number of esters is 1. The minimum Gasteiger partial charge on any atom is -0.449 e. The fourth-order valence-electron chi connectivity index (χ4n) is 3.31. The molecule has 3 aromatic carbocycles. The number of carbonyl (C=O) groups excluding carboxylic acids is 2. The number of ether oxygens (including phenoxy) is 1. The van der Waals surface area contributed by atoms with Crippen molar-refractivity contribution >= 4 is 60.4 Å². The number of benzene rings is 3. The number of alkyl halides is 3. The van der Waals surface area contributed by atoms with E-state index in [0.717, 1.165) is 37.4 Å². The molecule has 0 heterocycles. The number of nitro groups is 1. The Morgan fingerprint density at radius 1 is 0.976 bits per heavy atom. The lowest BCUT2D eigenvalue weighted by Crippen LogP contribution is -2.31. The van der Waals surface area contributed by atoms with Crippen LogP contribution in [0.3, 0.4) is 0 Å². The van der Waals surface area contributed by atoms with Gasteiger partial charge < -0.3 is 10.1 Å². The molecule has 1 atom stereocenters. The molecule has 0 saturated heterocycles. The number of sulfonamides is 1. The molecule has 0 saturated carbocycles. The summed E-state index contributed by atoms with van der Waals surface area (Å²) in [6, 6.07) is 9.33. The van der Waals surface area contributed by atoms with Crippen molar-refractivity contribution in [1.29, 1.82) is 0 Å². The lowest BCUT2D eigenvalue weighted by Gasteiger charge is -2.17. The molecule has 0 aliphatic rings. The Balaban J connectivity index is 1.78. The first-order valence-electron chi connectivity index (χ1n) is 11.3. The Hall–Kier alpha value is -4.22. The number of amides is 1. The molecule has 0 bridgehead atoms. The highest BCUT2D eigenvalue weighted by atomic mass is 35.5. The van der Waals surface area contributed by atoms with Crippen LogP contribution >= 0.6 is 11.6 Å². The monoisotopic (exact) mass is 649 g/mol. The van der Waals surface area contributed by atoms with Gasteiger partial charge in [0.15, 0.2) is 15.9 Å². The van der Waals surface area contributed by atoms with Gasteiger partial charge in [-0.25, -0.2) is 21.6 Å². The molecule has 3 aromatic rings. The SMILES string of the molecule is C[C@H](OC(=O)c1cc(S(=O)(=O)Nc2ccc(S(C)(=O)=O)cc2)ccc1Cl)C(=O)Nc1ccc([N+](=O)[O-])cc1C(F)(F)F. The lowest BCUT2D eigenvalue weighted by molar-refractivity contribution is -0.385. The second-order valence-corrected chi connectivity index (χ2v) is 12.7. The van der Waals surface area contributed by atoms with E-state index in [9.17, 15) is 49.7 Å². The van der Waals surface area contributed by atoms with E-state index in [2.05, 4.69) is 4.72 Å². The Bertz CT molecular complexity index is 1780. The Morgan fingerprint density at radius 2 is 1.57 bits per heavy atom. The predicted molar refractivity (Wildman–Crippen MR) is 143 cm³/mol. The number of hydrogen-bond acceptors (Lipinski definition) is 9. The van der Waals surface area contributed by atoms with E-state index in [4.69, 9.17) is 16.3 Å². The predicted octanol–water partition coefficient (Wildman–Crippen LogP) is 4.66. The van der Waals surface area contributed by atoms with Gasteiger partial charge in [-0.3, -0.25) is 19.6 Å². The molecule has 2 N–H and O–H groups in total. The first kappa shape index (κ1) is 32.3. The van der Waals surface area contributed by atoms with E-state index >= 15 is 0 Å². The Kier molecular flexibility index (Phi) is 9.19. The minimum atomic E-state index is -5.07. The third-order valence-electron chi connectivity index (χ3n) is 5.43. The third kappa shape index (κ3) is 7.74. The molecular weight excluding hydrogens is 631 g/mol. The van der Waals surface area contributed by atoms with Crippen molar-refractivity contribution in [1.82, 2.24) is 0 Å². The van der Waals surface area contributed by atoms with Crippen molar-refractivity contribution in [2.24, 2.45) is 0 Å². The molecule has 42 heavy (non-hydrogen) atoms. The van der Waals surface area contributed by atoms with E-state index < -0.39 is 76.3 Å². The zero-order chi connectivity index (χ0) is 31.6. The molecule has 3 rings (SSSR count). The number of non-ortho nitro benzene ring substituents is 1. The highest BCUT2D eigenvalue weighted by Gasteiger charge is 2.36. The van der Waals surface area contributed by atoms with Gasteiger partial charge in [-0.05, 0) is 55.5 Å². The fraction of sp³-hybridized carbons (Fsp3) is 0.167. The average molecular weight is 650 g/mol. The van der Waals surface area contributed by atoms with Crippen LogP contribution in [0.2, 0.25) is 5.02 Å². The second kappa shape index (κ2) is 11.9. The van der Waals surface area contributed by atoms with Crippen LogP contribution in [0.1, 0.15) is 22.8 Å². The van der Waals surface area contributed by atoms with Crippen molar-refractivity contribution in [3.8, 4) is 0 Å². The number of nitrogens with zero attached hydrogens (tertiary/aromatic N) is 1. The van der Waals surface area contributed by atoms with Crippen molar-refractivity contribution in [3.63, 3.8) is 0 Å². The molecule has 12 nitrogen and oxygen atoms in total. The summed E-state index contributed by atoms with van der Waals surface area (Å²) in [4.78, 5) is 34.5. The first-order chi connectivity index (χ1) is 19.3. The summed E-state index contributed by atoms with van der Waals surface area (Å²) >= 11 is 6.01. The number of nitro benzene ring substituents is 1. The van der Waals surface area contributed by atoms with Crippen LogP contribution in [0.15, 0.2) is 70.5 Å². The van der Waals surface area contributed by atoms with E-state index in [1.807, 2.05) is 5.32 Å². The van der Waals surface area contributed by atoms with Crippen LogP contribution in [-0.2, 0) is 35.6 Å². The van der Waals surface area contributed by atoms with Gasteiger partial charge in [-0.2, -0.15) is 13.2 Å². The molecule has 0 radical (unpaired) electrons. The molecule has 1 amide bonds. The highest BCUT2D eigenvalue weighted by Crippen LogP contribution is 2.37. The standard InChI is InChI=1S/C24H19ClF3N3O9S2/c1-13(22(32)29-21-10-5-15(31(34)35)11-19(21)24(26,27)28)40-23(33)18-12-17(8-9-20(18)25)42(38,39)30-14-3-6-16(7-4-14)41(2,36)37/h3-13,30H,1-2H3,(H,29,32)/t13-/m0/s1. The normalized spacial score (nSPS) is 12.7. The maximum Gasteiger partial charge on any atom is 0.418 e. The summed E-state index contributed by atoms with van der Waals surface area (Å²) in [6.45, 7) is 1.02. The number of anilines is 2. The van der Waals surface area contributed by atoms with E-state index in [1.165, 1.54) is 24.3 Å². The maximum atomic E-state index is 13.4. The van der Waals surface area contributed by atoms with Gasteiger partial charge in [0.25, 0.3) is 21.6 Å². The highest BCUT2D eigenvalue weighted by molar-refractivity contribution is 7.92. The van der Waals surface area contributed by atoms with Crippen LogP contribution < -0.4 is 10.0 Å². The first-order valence-corrected chi connectivity index (χ1v) is 15.0. The molecule has 18 heteroatoms. The summed E-state index contributed by atoms with van der Waals surface area (Å²) in [6.07, 6.45) is -5.82. The Labute approximate surface area is 241 Å². The quantitative estimate of drug-likeness (QED) is 0.189. The smallest absolute Gasteiger partial charge is 0.418 e. The van der Waals surface area contributed by atoms with Crippen LogP contribution in [0, 0.1) is 10.1 Å². The lowest BCUT2D eigenvalue weighted by atomic mass is 10.1. The molecule has 0 aliphatic carbocycles. The van der Waals surface area contributed by atoms with Gasteiger partial charge in [0.2, 0.25) is 0 Å². The molecular formula is C24H19ClF3N3O9S2. The summed E-state index contributed by atoms with van der Waals surface area (Å²) in [7, 11) is -7.88.